The monoisotopic (exact) mass is 302 g/mol. The molecule has 0 aromatic rings. The van der Waals surface area contributed by atoms with Crippen LogP contribution in [-0.2, 0) is 14.3 Å². The zero-order valence-corrected chi connectivity index (χ0v) is 11.9. The molecule has 1 aliphatic heterocycles. The van der Waals surface area contributed by atoms with Crippen LogP contribution in [0.4, 0.5) is 0 Å². The molecular weight excluding hydrogens is 280 g/mol. The maximum absolute atomic E-state index is 10.6. The molecule has 0 aromatic heterocycles. The van der Waals surface area contributed by atoms with E-state index >= 15 is 0 Å². The van der Waals surface area contributed by atoms with Gasteiger partial charge in [-0.25, -0.2) is 4.79 Å². The van der Waals surface area contributed by atoms with Crippen molar-refractivity contribution < 1.29 is 34.6 Å². The number of hydrogen-bond donors (Lipinski definition) is 2. The molecule has 1 aliphatic rings. The first-order valence-corrected chi connectivity index (χ1v) is 6.52. The summed E-state index contributed by atoms with van der Waals surface area (Å²) in [4.78, 5) is 23.1. The van der Waals surface area contributed by atoms with Gasteiger partial charge in [0.15, 0.2) is 0 Å². The highest BCUT2D eigenvalue weighted by molar-refractivity contribution is 5.80. The summed E-state index contributed by atoms with van der Waals surface area (Å²) in [6.07, 6.45) is 2.54. The van der Waals surface area contributed by atoms with Crippen molar-refractivity contribution in [3.05, 3.63) is 12.7 Å². The minimum atomic E-state index is -0.982. The van der Waals surface area contributed by atoms with E-state index in [4.69, 9.17) is 14.9 Å². The Morgan fingerprint density at radius 2 is 2.10 bits per heavy atom. The van der Waals surface area contributed by atoms with Crippen LogP contribution >= 0.6 is 0 Å². The molecule has 0 fully saturated rings. The second-order valence-corrected chi connectivity index (χ2v) is 4.47. The first kappa shape index (κ1) is 19.1. The van der Waals surface area contributed by atoms with E-state index in [2.05, 4.69) is 11.5 Å². The molecule has 0 aliphatic carbocycles. The van der Waals surface area contributed by atoms with E-state index in [1.807, 2.05) is 4.58 Å². The highest BCUT2D eigenvalue weighted by Gasteiger charge is 2.29. The second kappa shape index (κ2) is 9.89. The molecule has 120 valence electrons. The summed E-state index contributed by atoms with van der Waals surface area (Å²) in [6.45, 7) is 6.38. The first-order valence-electron chi connectivity index (χ1n) is 6.52. The number of carboxylic acid groups (broad SMARTS) is 2. The van der Waals surface area contributed by atoms with Crippen LogP contribution in [0.1, 0.15) is 12.8 Å². The molecule has 0 radical (unpaired) electrons. The fraction of sp³-hybridized carbons (Fsp3) is 0.615. The summed E-state index contributed by atoms with van der Waals surface area (Å²) in [7, 11) is 0. The molecule has 0 amide bonds. The first-order chi connectivity index (χ1) is 9.54. The summed E-state index contributed by atoms with van der Waals surface area (Å²) in [6, 6.07) is 0. The van der Waals surface area contributed by atoms with Gasteiger partial charge in [0.25, 0.3) is 5.84 Å². The summed E-state index contributed by atoms with van der Waals surface area (Å²) in [5, 5.41) is 17.2. The number of carboxylic acids is 2. The van der Waals surface area contributed by atoms with Gasteiger partial charge >= 0.3 is 11.9 Å². The highest BCUT2D eigenvalue weighted by Crippen LogP contribution is 2.06. The van der Waals surface area contributed by atoms with Crippen molar-refractivity contribution in [2.75, 3.05) is 39.4 Å². The van der Waals surface area contributed by atoms with Crippen LogP contribution in [0.2, 0.25) is 0 Å². The predicted octanol–water partition coefficient (Wildman–Crippen LogP) is -0.312. The second-order valence-electron chi connectivity index (χ2n) is 4.47. The normalized spacial score (nSPS) is 14.0. The quantitative estimate of drug-likeness (QED) is 0.322. The lowest BCUT2D eigenvalue weighted by molar-refractivity contribution is -0.518. The summed E-state index contributed by atoms with van der Waals surface area (Å²) >= 11 is 0. The van der Waals surface area contributed by atoms with E-state index in [0.29, 0.717) is 26.1 Å². The molecule has 0 saturated heterocycles. The molecule has 0 atom stereocenters. The van der Waals surface area contributed by atoms with Gasteiger partial charge in [-0.05, 0) is 0 Å². The topological polar surface area (TPSA) is 120 Å². The van der Waals surface area contributed by atoms with Crippen LogP contribution in [0.5, 0.6) is 0 Å². The molecule has 3 N–H and O–H groups in total. The molecule has 0 unspecified atom stereocenters. The van der Waals surface area contributed by atoms with Crippen molar-refractivity contribution in [1.29, 1.82) is 0 Å². The number of ether oxygens (including phenoxy) is 1. The van der Waals surface area contributed by atoms with E-state index in [9.17, 15) is 9.59 Å². The van der Waals surface area contributed by atoms with Crippen LogP contribution in [0.3, 0.4) is 0 Å². The van der Waals surface area contributed by atoms with Gasteiger partial charge < -0.3 is 20.4 Å². The lowest BCUT2D eigenvalue weighted by atomic mass is 10.3. The molecule has 0 bridgehead atoms. The molecule has 0 saturated carbocycles. The minimum absolute atomic E-state index is 0. The third kappa shape index (κ3) is 6.87. The van der Waals surface area contributed by atoms with Crippen LogP contribution in [-0.4, -0.2) is 82.3 Å². The van der Waals surface area contributed by atoms with Crippen molar-refractivity contribution >= 4 is 17.8 Å². The lowest BCUT2D eigenvalue weighted by Crippen LogP contribution is -2.33. The van der Waals surface area contributed by atoms with Gasteiger partial charge in [-0.1, -0.05) is 6.08 Å². The standard InChI is InChI=1S/C13H20N2O5.H2O/c1-2-3-11-14(5-4-12(16)17)6-7-15(11)8-9-20-10-13(18)19;/h2H,1,3-10H2,(H-,16,17,18,19);1H2. The van der Waals surface area contributed by atoms with Crippen LogP contribution in [0.15, 0.2) is 12.7 Å². The van der Waals surface area contributed by atoms with E-state index in [0.717, 1.165) is 18.9 Å². The van der Waals surface area contributed by atoms with Gasteiger partial charge in [-0.15, -0.1) is 6.58 Å². The van der Waals surface area contributed by atoms with E-state index in [-0.39, 0.29) is 18.5 Å². The van der Waals surface area contributed by atoms with Gasteiger partial charge in [0.05, 0.1) is 26.0 Å². The number of rotatable bonds is 10. The zero-order chi connectivity index (χ0) is 15.0. The van der Waals surface area contributed by atoms with Crippen LogP contribution in [0.25, 0.3) is 0 Å². The molecule has 0 spiro atoms. The average Bonchev–Trinajstić information content (AvgIpc) is 2.75. The van der Waals surface area contributed by atoms with Crippen molar-refractivity contribution in [2.45, 2.75) is 12.8 Å². The van der Waals surface area contributed by atoms with E-state index < -0.39 is 11.9 Å². The highest BCUT2D eigenvalue weighted by atomic mass is 16.5. The van der Waals surface area contributed by atoms with Gasteiger partial charge in [-0.2, -0.15) is 0 Å². The fourth-order valence-electron chi connectivity index (χ4n) is 2.13. The number of carbonyl (C=O) groups is 2. The smallest absolute Gasteiger partial charge is 0.329 e. The maximum atomic E-state index is 10.6. The number of aliphatic carboxylic acids is 2. The molecule has 21 heavy (non-hydrogen) atoms. The van der Waals surface area contributed by atoms with E-state index in [1.54, 1.807) is 6.08 Å². The molecular formula is C13H22N2O6. The number of nitrogens with zero attached hydrogens (tertiary/aromatic N) is 2. The molecule has 8 heteroatoms. The molecule has 1 rings (SSSR count). The number of amidine groups is 1. The Labute approximate surface area is 123 Å². The van der Waals surface area contributed by atoms with Crippen molar-refractivity contribution in [1.82, 2.24) is 4.90 Å². The predicted molar refractivity (Wildman–Crippen MR) is 74.0 cm³/mol. The van der Waals surface area contributed by atoms with Crippen molar-refractivity contribution in [3.63, 3.8) is 0 Å². The van der Waals surface area contributed by atoms with Crippen molar-refractivity contribution in [3.8, 4) is 0 Å². The fourth-order valence-corrected chi connectivity index (χ4v) is 2.13. The van der Waals surface area contributed by atoms with Crippen LogP contribution < -0.4 is 0 Å². The van der Waals surface area contributed by atoms with Gasteiger partial charge in [0.1, 0.15) is 26.2 Å². The Morgan fingerprint density at radius 3 is 2.67 bits per heavy atom. The molecule has 0 aromatic carbocycles. The Bertz CT molecular complexity index is 407. The lowest BCUT2D eigenvalue weighted by Gasteiger charge is -2.12. The van der Waals surface area contributed by atoms with Crippen LogP contribution in [0, 0.1) is 0 Å². The third-order valence-corrected chi connectivity index (χ3v) is 3.02. The average molecular weight is 302 g/mol. The summed E-state index contributed by atoms with van der Waals surface area (Å²) in [5.41, 5.74) is 0. The summed E-state index contributed by atoms with van der Waals surface area (Å²) in [5.74, 6) is -0.767. The van der Waals surface area contributed by atoms with E-state index in [1.165, 1.54) is 0 Å². The maximum Gasteiger partial charge on any atom is 0.329 e. The Morgan fingerprint density at radius 1 is 1.38 bits per heavy atom. The SMILES string of the molecule is C=CCC1=[N+](CCC(=O)O)CCN1CCOCC(=O)O.[OH-]. The Hall–Kier alpha value is -1.93. The van der Waals surface area contributed by atoms with Gasteiger partial charge in [0, 0.05) is 0 Å². The summed E-state index contributed by atoms with van der Waals surface area (Å²) < 4.78 is 7.06. The largest absolute Gasteiger partial charge is 0.870 e. The van der Waals surface area contributed by atoms with Gasteiger partial charge in [-0.3, -0.25) is 14.3 Å². The Balaban J connectivity index is 0.00000400. The molecule has 1 heterocycles. The molecule has 8 nitrogen and oxygen atoms in total. The number of hydrogen-bond acceptors (Lipinski definition) is 5. The van der Waals surface area contributed by atoms with Crippen molar-refractivity contribution in [2.24, 2.45) is 0 Å². The Kier molecular flexibility index (Phi) is 8.98. The zero-order valence-electron chi connectivity index (χ0n) is 11.9. The van der Waals surface area contributed by atoms with Gasteiger partial charge in [0.2, 0.25) is 0 Å². The third-order valence-electron chi connectivity index (χ3n) is 3.02. The minimum Gasteiger partial charge on any atom is -0.870 e.